The number of phenols is 1. The third-order valence-corrected chi connectivity index (χ3v) is 7.87. The van der Waals surface area contributed by atoms with E-state index in [1.54, 1.807) is 0 Å². The lowest BCUT2D eigenvalue weighted by Gasteiger charge is -2.49. The van der Waals surface area contributed by atoms with Gasteiger partial charge in [-0.1, -0.05) is 49.4 Å². The maximum atomic E-state index is 9.86. The van der Waals surface area contributed by atoms with E-state index in [2.05, 4.69) is 36.3 Å². The second kappa shape index (κ2) is 7.86. The van der Waals surface area contributed by atoms with Crippen molar-refractivity contribution in [3.05, 3.63) is 71.3 Å². The molecule has 154 valence electrons. The third kappa shape index (κ3) is 3.40. The van der Waals surface area contributed by atoms with Crippen LogP contribution >= 0.6 is 0 Å². The summed E-state index contributed by atoms with van der Waals surface area (Å²) in [6, 6.07) is 16.3. The van der Waals surface area contributed by atoms with Crippen LogP contribution < -0.4 is 0 Å². The van der Waals surface area contributed by atoms with Crippen LogP contribution in [0.15, 0.2) is 64.8 Å². The van der Waals surface area contributed by atoms with E-state index in [0.717, 1.165) is 18.8 Å². The molecule has 0 radical (unpaired) electrons. The van der Waals surface area contributed by atoms with Crippen molar-refractivity contribution in [3.8, 4) is 5.75 Å². The average Bonchev–Trinajstić information content (AvgIpc) is 3.10. The van der Waals surface area contributed by atoms with Crippen molar-refractivity contribution in [2.24, 2.45) is 27.5 Å². The van der Waals surface area contributed by atoms with E-state index in [-0.39, 0.29) is 5.41 Å². The van der Waals surface area contributed by atoms with Crippen LogP contribution in [0.25, 0.3) is 6.08 Å². The molecule has 3 nitrogen and oxygen atoms in total. The minimum atomic E-state index is 0.191. The molecule has 0 spiro atoms. The molecule has 2 aromatic rings. The second-order valence-corrected chi connectivity index (χ2v) is 9.37. The largest absolute Gasteiger partial charge is 0.508 e. The van der Waals surface area contributed by atoms with E-state index < -0.39 is 0 Å². The lowest BCUT2D eigenvalue weighted by Crippen LogP contribution is -2.42. The van der Waals surface area contributed by atoms with Gasteiger partial charge in [0, 0.05) is 17.3 Å². The topological polar surface area (TPSA) is 45.0 Å². The predicted molar refractivity (Wildman–Crippen MR) is 124 cm³/mol. The number of allylic oxidation sites excluding steroid dienone is 1. The fraction of sp³-hybridized carbons (Fsp3) is 0.407. The van der Waals surface area contributed by atoms with Crippen molar-refractivity contribution in [2.45, 2.75) is 51.4 Å². The van der Waals surface area contributed by atoms with E-state index in [9.17, 15) is 5.11 Å². The second-order valence-electron chi connectivity index (χ2n) is 9.37. The molecule has 0 saturated heterocycles. The highest BCUT2D eigenvalue weighted by atomic mass is 16.3. The Morgan fingerprint density at radius 3 is 2.77 bits per heavy atom. The van der Waals surface area contributed by atoms with Gasteiger partial charge in [0.25, 0.3) is 0 Å². The summed E-state index contributed by atoms with van der Waals surface area (Å²) >= 11 is 0. The van der Waals surface area contributed by atoms with Crippen molar-refractivity contribution in [2.75, 3.05) is 0 Å². The maximum absolute atomic E-state index is 9.86. The summed E-state index contributed by atoms with van der Waals surface area (Å²) in [5.41, 5.74) is 5.51. The molecule has 0 unspecified atom stereocenters. The molecule has 0 heterocycles. The van der Waals surface area contributed by atoms with E-state index in [4.69, 9.17) is 5.10 Å². The first-order valence-corrected chi connectivity index (χ1v) is 11.3. The molecule has 0 aliphatic heterocycles. The molecule has 2 aromatic carbocycles. The van der Waals surface area contributed by atoms with E-state index >= 15 is 0 Å². The molecule has 0 amide bonds. The van der Waals surface area contributed by atoms with Gasteiger partial charge < -0.3 is 5.11 Å². The fourth-order valence-electron chi connectivity index (χ4n) is 6.38. The van der Waals surface area contributed by atoms with Gasteiger partial charge in [0.05, 0.1) is 0 Å². The summed E-state index contributed by atoms with van der Waals surface area (Å²) in [6.07, 6.45) is 12.9. The molecule has 3 aliphatic rings. The van der Waals surface area contributed by atoms with Gasteiger partial charge in [0.2, 0.25) is 0 Å². The Kier molecular flexibility index (Phi) is 5.06. The smallest absolute Gasteiger partial charge is 0.115 e. The van der Waals surface area contributed by atoms with Gasteiger partial charge in [-0.05, 0) is 91.2 Å². The Labute approximate surface area is 179 Å². The van der Waals surface area contributed by atoms with Gasteiger partial charge in [-0.3, -0.25) is 0 Å². The number of fused-ring (bicyclic) bond motifs is 5. The lowest BCUT2D eigenvalue weighted by molar-refractivity contribution is 0.0955. The van der Waals surface area contributed by atoms with Crippen LogP contribution in [0.3, 0.4) is 0 Å². The zero-order valence-electron chi connectivity index (χ0n) is 17.7. The standard InChI is InChI=1S/C27H30N2O/c1-27-16-15-23-22-12-10-21(30)18-20(22)9-11-24(23)25(27)13-14-26(27)29-28-17-5-8-19-6-3-2-4-7-19/h2-8,10,12,17-18,23-25,30H,9,11,13-16H2,1H3/b8-5+,28-17-,29-26-/t23-,24-,25+,27+/m1/s1. The lowest BCUT2D eigenvalue weighted by atomic mass is 9.55. The number of rotatable bonds is 3. The fourth-order valence-corrected chi connectivity index (χ4v) is 6.38. The van der Waals surface area contributed by atoms with Gasteiger partial charge >= 0.3 is 0 Å². The van der Waals surface area contributed by atoms with Gasteiger partial charge in [0.1, 0.15) is 5.75 Å². The summed E-state index contributed by atoms with van der Waals surface area (Å²) < 4.78 is 0. The molecule has 5 rings (SSSR count). The van der Waals surface area contributed by atoms with Crippen LogP contribution in [0.5, 0.6) is 5.75 Å². The van der Waals surface area contributed by atoms with Crippen LogP contribution in [-0.4, -0.2) is 17.0 Å². The first kappa shape index (κ1) is 19.3. The molecule has 4 atom stereocenters. The highest BCUT2D eigenvalue weighted by molar-refractivity contribution is 5.93. The number of benzene rings is 2. The molecule has 0 aromatic heterocycles. The highest BCUT2D eigenvalue weighted by Gasteiger charge is 2.53. The van der Waals surface area contributed by atoms with Crippen molar-refractivity contribution in [1.82, 2.24) is 0 Å². The quantitative estimate of drug-likeness (QED) is 0.472. The van der Waals surface area contributed by atoms with Crippen LogP contribution in [0.1, 0.15) is 61.6 Å². The summed E-state index contributed by atoms with van der Waals surface area (Å²) in [6.45, 7) is 2.43. The Bertz CT molecular complexity index is 1010. The predicted octanol–water partition coefficient (Wildman–Crippen LogP) is 6.39. The Morgan fingerprint density at radius 1 is 1.03 bits per heavy atom. The van der Waals surface area contributed by atoms with Gasteiger partial charge in [0.15, 0.2) is 0 Å². The van der Waals surface area contributed by atoms with E-state index in [0.29, 0.717) is 17.6 Å². The Morgan fingerprint density at radius 2 is 1.90 bits per heavy atom. The molecule has 30 heavy (non-hydrogen) atoms. The third-order valence-electron chi connectivity index (χ3n) is 7.87. The van der Waals surface area contributed by atoms with Gasteiger partial charge in [-0.2, -0.15) is 10.2 Å². The Balaban J connectivity index is 1.32. The summed E-state index contributed by atoms with van der Waals surface area (Å²) in [5, 5.41) is 19.0. The molecular weight excluding hydrogens is 368 g/mol. The summed E-state index contributed by atoms with van der Waals surface area (Å²) in [7, 11) is 0. The summed E-state index contributed by atoms with van der Waals surface area (Å²) in [4.78, 5) is 0. The maximum Gasteiger partial charge on any atom is 0.115 e. The minimum Gasteiger partial charge on any atom is -0.508 e. The van der Waals surface area contributed by atoms with Crippen molar-refractivity contribution < 1.29 is 5.11 Å². The molecular formula is C27H30N2O. The molecule has 3 heteroatoms. The number of hydrogen-bond donors (Lipinski definition) is 1. The summed E-state index contributed by atoms with van der Waals surface area (Å²) in [5.74, 6) is 2.48. The number of phenolic OH excluding ortho intramolecular Hbond substituents is 1. The molecule has 1 N–H and O–H groups in total. The zero-order valence-corrected chi connectivity index (χ0v) is 17.7. The van der Waals surface area contributed by atoms with Gasteiger partial charge in [-0.25, -0.2) is 0 Å². The van der Waals surface area contributed by atoms with Crippen LogP contribution in [0.4, 0.5) is 0 Å². The molecule has 3 aliphatic carbocycles. The van der Waals surface area contributed by atoms with Gasteiger partial charge in [-0.15, -0.1) is 0 Å². The first-order valence-electron chi connectivity index (χ1n) is 11.3. The molecule has 0 bridgehead atoms. The first-order chi connectivity index (χ1) is 14.6. The number of aromatic hydroxyl groups is 1. The van der Waals surface area contributed by atoms with Crippen molar-refractivity contribution in [3.63, 3.8) is 0 Å². The zero-order chi connectivity index (χ0) is 20.6. The Hall–Kier alpha value is -2.68. The minimum absolute atomic E-state index is 0.191. The number of hydrogen-bond acceptors (Lipinski definition) is 3. The average molecular weight is 399 g/mol. The van der Waals surface area contributed by atoms with E-state index in [1.165, 1.54) is 48.1 Å². The molecule has 2 fully saturated rings. The van der Waals surface area contributed by atoms with Crippen LogP contribution in [0.2, 0.25) is 0 Å². The van der Waals surface area contributed by atoms with E-state index in [1.807, 2.05) is 42.6 Å². The SMILES string of the molecule is C[C@]12CC[C@@H]3c4ccc(O)cc4CC[C@H]3[C@@H]1CC/C2=N/N=C\C=C\c1ccccc1. The number of aryl methyl sites for hydroxylation is 1. The highest BCUT2D eigenvalue weighted by Crippen LogP contribution is 2.60. The van der Waals surface area contributed by atoms with Crippen molar-refractivity contribution >= 4 is 18.0 Å². The normalized spacial score (nSPS) is 31.8. The molecule has 2 saturated carbocycles. The van der Waals surface area contributed by atoms with Crippen LogP contribution in [0, 0.1) is 17.3 Å². The van der Waals surface area contributed by atoms with Crippen molar-refractivity contribution in [1.29, 1.82) is 0 Å². The monoisotopic (exact) mass is 398 g/mol. The van der Waals surface area contributed by atoms with Crippen LogP contribution in [-0.2, 0) is 6.42 Å². The number of nitrogens with zero attached hydrogens (tertiary/aromatic N) is 2.